The van der Waals surface area contributed by atoms with Gasteiger partial charge in [0.2, 0.25) is 0 Å². The van der Waals surface area contributed by atoms with E-state index in [0.717, 1.165) is 39.9 Å². The molecule has 1 aliphatic heterocycles. The van der Waals surface area contributed by atoms with Gasteiger partial charge in [-0.3, -0.25) is 0 Å². The maximum Gasteiger partial charge on any atom is 0.197 e. The van der Waals surface area contributed by atoms with Crippen molar-refractivity contribution in [2.75, 3.05) is 5.32 Å². The van der Waals surface area contributed by atoms with Crippen LogP contribution >= 0.6 is 22.7 Å². The fourth-order valence-corrected chi connectivity index (χ4v) is 13.9. The van der Waals surface area contributed by atoms with Crippen molar-refractivity contribution in [1.29, 1.82) is 0 Å². The molecule has 14 rings (SSSR count). The number of hydrogen-bond acceptors (Lipinski definition) is 4. The fourth-order valence-electron chi connectivity index (χ4n) is 11.6. The van der Waals surface area contributed by atoms with Gasteiger partial charge in [0, 0.05) is 90.0 Å². The first-order chi connectivity index (χ1) is 31.8. The molecule has 6 heteroatoms. The maximum absolute atomic E-state index is 7.01. The van der Waals surface area contributed by atoms with E-state index in [2.05, 4.69) is 199 Å². The molecule has 0 unspecified atom stereocenters. The van der Waals surface area contributed by atoms with Crippen LogP contribution in [0.4, 0.5) is 11.4 Å². The van der Waals surface area contributed by atoms with Crippen LogP contribution in [0.25, 0.3) is 101 Å². The van der Waals surface area contributed by atoms with Crippen LogP contribution in [-0.4, -0.2) is 11.8 Å². The first-order valence-corrected chi connectivity index (χ1v) is 25.1. The molecule has 0 saturated carbocycles. The van der Waals surface area contributed by atoms with E-state index < -0.39 is 0 Å². The lowest BCUT2D eigenvalue weighted by atomic mass is 9.59. The number of benzene rings is 8. The molecule has 3 nitrogen and oxygen atoms in total. The topological polar surface area (TPSA) is 30.1 Å². The molecular formula is C60H48BN2OS2. The van der Waals surface area contributed by atoms with E-state index in [1.54, 1.807) is 0 Å². The van der Waals surface area contributed by atoms with Gasteiger partial charge in [-0.2, -0.15) is 0 Å². The Bertz CT molecular complexity index is 4090. The summed E-state index contributed by atoms with van der Waals surface area (Å²) >= 11 is 3.78. The van der Waals surface area contributed by atoms with Gasteiger partial charge in [-0.15, -0.1) is 22.7 Å². The van der Waals surface area contributed by atoms with Crippen LogP contribution in [0.1, 0.15) is 78.0 Å². The number of hydrogen-bond donors (Lipinski definition) is 1. The van der Waals surface area contributed by atoms with Crippen molar-refractivity contribution in [3.05, 3.63) is 150 Å². The Morgan fingerprint density at radius 3 is 1.91 bits per heavy atom. The van der Waals surface area contributed by atoms with Gasteiger partial charge in [-0.1, -0.05) is 115 Å². The lowest BCUT2D eigenvalue weighted by Gasteiger charge is -2.41. The Balaban J connectivity index is 1.06. The molecule has 0 bridgehead atoms. The third kappa shape index (κ3) is 5.49. The summed E-state index contributed by atoms with van der Waals surface area (Å²) in [6.45, 7) is 16.4. The number of anilines is 2. The van der Waals surface area contributed by atoms with Crippen molar-refractivity contribution in [3.8, 4) is 16.8 Å². The molecule has 0 amide bonds. The number of fused-ring (bicyclic) bond motifs is 15. The zero-order valence-electron chi connectivity index (χ0n) is 38.4. The lowest BCUT2D eigenvalue weighted by molar-refractivity contribution is 0.332. The molecule has 0 atom stereocenters. The lowest BCUT2D eigenvalue weighted by Crippen LogP contribution is -2.37. The van der Waals surface area contributed by atoms with E-state index in [4.69, 9.17) is 4.42 Å². The van der Waals surface area contributed by atoms with Gasteiger partial charge in [-0.25, -0.2) is 0 Å². The smallest absolute Gasteiger partial charge is 0.197 e. The van der Waals surface area contributed by atoms with Gasteiger partial charge in [0.05, 0.1) is 5.52 Å². The van der Waals surface area contributed by atoms with E-state index >= 15 is 0 Å². The predicted molar refractivity (Wildman–Crippen MR) is 288 cm³/mol. The monoisotopic (exact) mass is 887 g/mol. The third-order valence-corrected chi connectivity index (χ3v) is 17.7. The first-order valence-electron chi connectivity index (χ1n) is 23.4. The molecule has 1 N–H and O–H groups in total. The van der Waals surface area contributed by atoms with Crippen LogP contribution in [-0.2, 0) is 16.2 Å². The Hall–Kier alpha value is -6.34. The zero-order chi connectivity index (χ0) is 44.6. The van der Waals surface area contributed by atoms with E-state index in [1.807, 2.05) is 22.7 Å². The van der Waals surface area contributed by atoms with Crippen LogP contribution in [0, 0.1) is 0 Å². The predicted octanol–water partition coefficient (Wildman–Crippen LogP) is 16.4. The van der Waals surface area contributed by atoms with Gasteiger partial charge in [0.25, 0.3) is 0 Å². The summed E-state index contributed by atoms with van der Waals surface area (Å²) in [7, 11) is 2.47. The van der Waals surface area contributed by atoms with Crippen molar-refractivity contribution in [2.24, 2.45) is 0 Å². The highest BCUT2D eigenvalue weighted by Crippen LogP contribution is 2.50. The highest BCUT2D eigenvalue weighted by Gasteiger charge is 2.38. The average molecular weight is 888 g/mol. The van der Waals surface area contributed by atoms with Crippen molar-refractivity contribution >= 4 is 136 Å². The summed E-state index contributed by atoms with van der Waals surface area (Å²) in [6, 6.07) is 50.8. The molecule has 0 saturated heterocycles. The summed E-state index contributed by atoms with van der Waals surface area (Å²) in [6.07, 6.45) is 2.33. The number of rotatable bonds is 3. The standard InChI is InChI=1S/C60H48BN2OS2/c1-58(2,3)32-16-18-33(19-17-32)62-47-26-41-40-25-44-45(60(6,7)23-22-59(44,4)5)29-51(40)64-50(41)28-38(47)36-20-21-37-39-24-42-34-12-8-10-14-52(34)66-55(42)31-48(39)63-49-27-43-35-13-9-11-15-53(35)65-54(43)30-46(49)61-56(36)57(37)63/h8-21,24-31,62H,22-23H2,1-7H3. The maximum atomic E-state index is 7.01. The van der Waals surface area contributed by atoms with E-state index in [0.29, 0.717) is 0 Å². The number of aromatic nitrogens is 1. The highest BCUT2D eigenvalue weighted by molar-refractivity contribution is 7.26. The van der Waals surface area contributed by atoms with Crippen LogP contribution in [0.3, 0.4) is 0 Å². The normalized spacial score (nSPS) is 15.4. The second-order valence-electron chi connectivity index (χ2n) is 21.5. The minimum Gasteiger partial charge on any atom is -0.456 e. The first kappa shape index (κ1) is 38.9. The van der Waals surface area contributed by atoms with Crippen LogP contribution < -0.4 is 16.2 Å². The van der Waals surface area contributed by atoms with E-state index in [1.165, 1.54) is 113 Å². The van der Waals surface area contributed by atoms with Crippen LogP contribution in [0.5, 0.6) is 0 Å². The van der Waals surface area contributed by atoms with Gasteiger partial charge in [0.15, 0.2) is 7.28 Å². The molecule has 66 heavy (non-hydrogen) atoms. The fraction of sp³-hybridized carbons (Fsp3) is 0.200. The quantitative estimate of drug-likeness (QED) is 0.179. The molecule has 0 spiro atoms. The molecular weight excluding hydrogens is 840 g/mol. The highest BCUT2D eigenvalue weighted by atomic mass is 32.1. The minimum absolute atomic E-state index is 0.0616. The Morgan fingerprint density at radius 1 is 0.561 bits per heavy atom. The van der Waals surface area contributed by atoms with Crippen molar-refractivity contribution in [3.63, 3.8) is 0 Å². The molecule has 5 heterocycles. The Morgan fingerprint density at radius 2 is 1.20 bits per heavy atom. The van der Waals surface area contributed by atoms with Crippen molar-refractivity contribution in [1.82, 2.24) is 4.57 Å². The average Bonchev–Trinajstić information content (AvgIpc) is 4.05. The summed E-state index contributed by atoms with van der Waals surface area (Å²) in [5, 5.41) is 14.1. The third-order valence-electron chi connectivity index (χ3n) is 15.4. The molecule has 0 fully saturated rings. The van der Waals surface area contributed by atoms with Gasteiger partial charge < -0.3 is 14.3 Å². The van der Waals surface area contributed by atoms with Gasteiger partial charge in [0.1, 0.15) is 11.2 Å². The molecule has 12 aromatic rings. The van der Waals surface area contributed by atoms with E-state index in [9.17, 15) is 0 Å². The molecule has 4 aromatic heterocycles. The van der Waals surface area contributed by atoms with Crippen molar-refractivity contribution in [2.45, 2.75) is 77.6 Å². The van der Waals surface area contributed by atoms with Gasteiger partial charge in [-0.05, 0) is 130 Å². The van der Waals surface area contributed by atoms with Gasteiger partial charge >= 0.3 is 0 Å². The summed E-state index contributed by atoms with van der Waals surface area (Å²) in [5.74, 6) is 0. The number of nitrogens with one attached hydrogen (secondary N) is 1. The number of furan rings is 1. The Labute approximate surface area is 392 Å². The van der Waals surface area contributed by atoms with E-state index in [-0.39, 0.29) is 16.2 Å². The largest absolute Gasteiger partial charge is 0.456 e. The second kappa shape index (κ2) is 13.2. The summed E-state index contributed by atoms with van der Waals surface area (Å²) < 4.78 is 14.9. The zero-order valence-corrected chi connectivity index (χ0v) is 40.0. The van der Waals surface area contributed by atoms with Crippen LogP contribution in [0.15, 0.2) is 138 Å². The van der Waals surface area contributed by atoms with Crippen LogP contribution in [0.2, 0.25) is 0 Å². The number of thiophene rings is 2. The second-order valence-corrected chi connectivity index (χ2v) is 23.6. The summed E-state index contributed by atoms with van der Waals surface area (Å²) in [5.41, 5.74) is 16.9. The number of nitrogens with zero attached hydrogens (tertiary/aromatic N) is 1. The molecule has 8 aromatic carbocycles. The molecule has 2 aliphatic rings. The molecule has 319 valence electrons. The molecule has 1 aliphatic carbocycles. The Kier molecular flexibility index (Phi) is 7.77. The minimum atomic E-state index is 0.0616. The molecule has 1 radical (unpaired) electrons. The SMILES string of the molecule is CC(C)(C)c1ccc(Nc2cc3c(cc2-c2ccc4c5cc6c(cc5n5c4c2[B]c2cc4sc7ccccc7c4cc2-5)sc2ccccc26)oc2cc4c(cc23)C(C)(C)CCC4(C)C)cc1. The van der Waals surface area contributed by atoms with Crippen molar-refractivity contribution < 1.29 is 4.42 Å². The summed E-state index contributed by atoms with van der Waals surface area (Å²) in [4.78, 5) is 0.